The molecule has 0 bridgehead atoms. The smallest absolute Gasteiger partial charge is 0.0746 e. The molecule has 2 fully saturated rings. The predicted octanol–water partition coefficient (Wildman–Crippen LogP) is 1.17. The van der Waals surface area contributed by atoms with E-state index in [1.807, 2.05) is 0 Å². The van der Waals surface area contributed by atoms with Crippen LogP contribution in [-0.2, 0) is 0 Å². The van der Waals surface area contributed by atoms with Gasteiger partial charge in [-0.15, -0.1) is 0 Å². The Morgan fingerprint density at radius 1 is 1.12 bits per heavy atom. The van der Waals surface area contributed by atoms with Crippen LogP contribution in [0.2, 0.25) is 0 Å². The Morgan fingerprint density at radius 2 is 1.75 bits per heavy atom. The summed E-state index contributed by atoms with van der Waals surface area (Å²) in [6, 6.07) is 0.400. The zero-order valence-corrected chi connectivity index (χ0v) is 10.9. The monoisotopic (exact) mass is 226 g/mol. The average Bonchev–Trinajstić information content (AvgIpc) is 2.24. The minimum atomic E-state index is -0.148. The molecule has 0 radical (unpaired) electrons. The number of nitrogens with zero attached hydrogens (tertiary/aromatic N) is 2. The number of aliphatic hydroxyl groups is 1. The summed E-state index contributed by atoms with van der Waals surface area (Å²) in [4.78, 5) is 4.88. The first kappa shape index (κ1) is 12.3. The average molecular weight is 226 g/mol. The third-order valence-corrected chi connectivity index (χ3v) is 4.49. The lowest BCUT2D eigenvalue weighted by atomic mass is 9.72. The summed E-state index contributed by atoms with van der Waals surface area (Å²) in [5.74, 6) is 0. The van der Waals surface area contributed by atoms with Crippen LogP contribution in [0.3, 0.4) is 0 Å². The summed E-state index contributed by atoms with van der Waals surface area (Å²) >= 11 is 0. The van der Waals surface area contributed by atoms with E-state index in [0.29, 0.717) is 6.04 Å². The minimum Gasteiger partial charge on any atom is -0.391 e. The van der Waals surface area contributed by atoms with Crippen LogP contribution in [0.5, 0.6) is 0 Å². The van der Waals surface area contributed by atoms with E-state index in [1.165, 1.54) is 19.3 Å². The molecule has 1 heterocycles. The van der Waals surface area contributed by atoms with Gasteiger partial charge < -0.3 is 10.0 Å². The van der Waals surface area contributed by atoms with Gasteiger partial charge in [0.05, 0.1) is 6.10 Å². The molecule has 2 aliphatic rings. The Bertz CT molecular complexity index is 234. The molecule has 0 aromatic rings. The normalized spacial score (nSPS) is 37.5. The van der Waals surface area contributed by atoms with Crippen LogP contribution >= 0.6 is 0 Å². The lowest BCUT2D eigenvalue weighted by Gasteiger charge is -2.47. The highest BCUT2D eigenvalue weighted by atomic mass is 16.3. The van der Waals surface area contributed by atoms with Crippen LogP contribution in [0, 0.1) is 5.41 Å². The highest BCUT2D eigenvalue weighted by molar-refractivity contribution is 4.94. The highest BCUT2D eigenvalue weighted by Gasteiger charge is 2.40. The third kappa shape index (κ3) is 2.41. The number of likely N-dealkylation sites (N-methyl/N-ethyl adjacent to an activating group) is 1. The van der Waals surface area contributed by atoms with Crippen molar-refractivity contribution in [1.29, 1.82) is 0 Å². The molecule has 1 N–H and O–H groups in total. The largest absolute Gasteiger partial charge is 0.391 e. The molecule has 1 aliphatic carbocycles. The van der Waals surface area contributed by atoms with Gasteiger partial charge in [-0.05, 0) is 25.3 Å². The zero-order chi connectivity index (χ0) is 11.8. The van der Waals surface area contributed by atoms with Crippen molar-refractivity contribution < 1.29 is 5.11 Å². The molecule has 0 aromatic carbocycles. The Balaban J connectivity index is 1.98. The van der Waals surface area contributed by atoms with Crippen molar-refractivity contribution in [3.8, 4) is 0 Å². The molecule has 1 saturated heterocycles. The van der Waals surface area contributed by atoms with Gasteiger partial charge in [0.15, 0.2) is 0 Å². The predicted molar refractivity (Wildman–Crippen MR) is 66.5 cm³/mol. The Morgan fingerprint density at radius 3 is 2.38 bits per heavy atom. The Kier molecular flexibility index (Phi) is 3.57. The summed E-state index contributed by atoms with van der Waals surface area (Å²) in [6.07, 6.45) is 3.46. The van der Waals surface area contributed by atoms with Gasteiger partial charge in [0, 0.05) is 32.2 Å². The second-order valence-corrected chi connectivity index (χ2v) is 6.23. The lowest BCUT2D eigenvalue weighted by Crippen LogP contribution is -2.57. The van der Waals surface area contributed by atoms with Crippen molar-refractivity contribution in [2.24, 2.45) is 5.41 Å². The van der Waals surface area contributed by atoms with Crippen LogP contribution in [0.15, 0.2) is 0 Å². The van der Waals surface area contributed by atoms with E-state index in [4.69, 9.17) is 0 Å². The summed E-state index contributed by atoms with van der Waals surface area (Å²) in [5, 5.41) is 10.5. The molecule has 2 unspecified atom stereocenters. The minimum absolute atomic E-state index is 0.103. The fourth-order valence-corrected chi connectivity index (χ4v) is 3.13. The van der Waals surface area contributed by atoms with E-state index in [1.54, 1.807) is 0 Å². The maximum absolute atomic E-state index is 10.5. The fourth-order valence-electron chi connectivity index (χ4n) is 3.13. The molecule has 1 saturated carbocycles. The number of rotatable bonds is 1. The molecule has 0 amide bonds. The maximum Gasteiger partial charge on any atom is 0.0746 e. The third-order valence-electron chi connectivity index (χ3n) is 4.49. The van der Waals surface area contributed by atoms with Crippen molar-refractivity contribution in [2.75, 3.05) is 33.2 Å². The summed E-state index contributed by atoms with van der Waals surface area (Å²) in [5.41, 5.74) is 0.103. The summed E-state index contributed by atoms with van der Waals surface area (Å²) in [7, 11) is 2.18. The van der Waals surface area contributed by atoms with Gasteiger partial charge in [0.2, 0.25) is 0 Å². The van der Waals surface area contributed by atoms with Crippen molar-refractivity contribution in [1.82, 2.24) is 9.80 Å². The molecule has 3 heteroatoms. The molecular weight excluding hydrogens is 200 g/mol. The number of piperazine rings is 1. The molecule has 2 atom stereocenters. The molecular formula is C13H26N2O. The lowest BCUT2D eigenvalue weighted by molar-refractivity contribution is -0.0661. The number of aliphatic hydroxyl groups excluding tert-OH is 1. The van der Waals surface area contributed by atoms with E-state index < -0.39 is 0 Å². The Hall–Kier alpha value is -0.120. The molecule has 1 aliphatic heterocycles. The van der Waals surface area contributed by atoms with E-state index in [2.05, 4.69) is 30.7 Å². The summed E-state index contributed by atoms with van der Waals surface area (Å²) in [6.45, 7) is 8.94. The van der Waals surface area contributed by atoms with E-state index >= 15 is 0 Å². The summed E-state index contributed by atoms with van der Waals surface area (Å²) < 4.78 is 0. The number of hydrogen-bond donors (Lipinski definition) is 1. The van der Waals surface area contributed by atoms with Gasteiger partial charge in [0.1, 0.15) is 0 Å². The highest BCUT2D eigenvalue weighted by Crippen LogP contribution is 2.37. The van der Waals surface area contributed by atoms with Gasteiger partial charge in [-0.1, -0.05) is 20.3 Å². The molecule has 16 heavy (non-hydrogen) atoms. The van der Waals surface area contributed by atoms with Crippen LogP contribution in [0.1, 0.15) is 33.1 Å². The fraction of sp³-hybridized carbons (Fsp3) is 1.00. The van der Waals surface area contributed by atoms with Crippen LogP contribution in [-0.4, -0.2) is 60.3 Å². The van der Waals surface area contributed by atoms with E-state index in [0.717, 1.165) is 26.2 Å². The van der Waals surface area contributed by atoms with Gasteiger partial charge in [-0.3, -0.25) is 4.90 Å². The molecule has 2 rings (SSSR count). The number of hydrogen-bond acceptors (Lipinski definition) is 3. The Labute approximate surface area is 99.4 Å². The van der Waals surface area contributed by atoms with Crippen molar-refractivity contribution >= 4 is 0 Å². The second kappa shape index (κ2) is 4.63. The van der Waals surface area contributed by atoms with Gasteiger partial charge in [-0.25, -0.2) is 0 Å². The van der Waals surface area contributed by atoms with Gasteiger partial charge >= 0.3 is 0 Å². The van der Waals surface area contributed by atoms with E-state index in [9.17, 15) is 5.11 Å². The van der Waals surface area contributed by atoms with Crippen LogP contribution in [0.25, 0.3) is 0 Å². The van der Waals surface area contributed by atoms with Crippen LogP contribution in [0.4, 0.5) is 0 Å². The van der Waals surface area contributed by atoms with Crippen molar-refractivity contribution in [2.45, 2.75) is 45.3 Å². The quantitative estimate of drug-likeness (QED) is 0.727. The van der Waals surface area contributed by atoms with E-state index in [-0.39, 0.29) is 11.5 Å². The van der Waals surface area contributed by atoms with Gasteiger partial charge in [0.25, 0.3) is 0 Å². The standard InChI is InChI=1S/C13H26N2O/c1-13(2)6-4-5-11(12(13)16)15-9-7-14(3)8-10-15/h11-12,16H,4-10H2,1-3H3. The first-order valence-electron chi connectivity index (χ1n) is 6.61. The molecule has 0 spiro atoms. The second-order valence-electron chi connectivity index (χ2n) is 6.23. The molecule has 3 nitrogen and oxygen atoms in total. The first-order chi connectivity index (χ1) is 7.50. The molecule has 94 valence electrons. The molecule has 0 aromatic heterocycles. The zero-order valence-electron chi connectivity index (χ0n) is 10.9. The van der Waals surface area contributed by atoms with Crippen molar-refractivity contribution in [3.63, 3.8) is 0 Å². The maximum atomic E-state index is 10.5. The topological polar surface area (TPSA) is 26.7 Å². The van der Waals surface area contributed by atoms with Gasteiger partial charge in [-0.2, -0.15) is 0 Å². The SMILES string of the molecule is CN1CCN(C2CCCC(C)(C)C2O)CC1. The van der Waals surface area contributed by atoms with Crippen molar-refractivity contribution in [3.05, 3.63) is 0 Å². The van der Waals surface area contributed by atoms with Crippen LogP contribution < -0.4 is 0 Å². The first-order valence-corrected chi connectivity index (χ1v) is 6.61.